The molecule has 0 bridgehead atoms. The Balaban J connectivity index is 2.59. The molecule has 0 aliphatic heterocycles. The van der Waals surface area contributed by atoms with Crippen LogP contribution in [0, 0.1) is 0 Å². The molecule has 118 valence electrons. The van der Waals surface area contributed by atoms with Crippen molar-refractivity contribution in [2.75, 3.05) is 13.7 Å². The third-order valence-corrected chi connectivity index (χ3v) is 2.83. The van der Waals surface area contributed by atoms with Crippen molar-refractivity contribution < 1.29 is 27.4 Å². The average Bonchev–Trinajstić information content (AvgIpc) is 2.92. The SMILES string of the molecule is CCOC(=O)c1cnn(-c2cccc(OC)c2)c1C(F)(F)F. The van der Waals surface area contributed by atoms with Crippen molar-refractivity contribution in [2.45, 2.75) is 13.1 Å². The second-order valence-electron chi connectivity index (χ2n) is 4.24. The molecular formula is C14H13F3N2O3. The molecule has 22 heavy (non-hydrogen) atoms. The Bertz CT molecular complexity index is 680. The minimum atomic E-state index is -4.76. The summed E-state index contributed by atoms with van der Waals surface area (Å²) in [6, 6.07) is 5.93. The molecule has 0 aliphatic carbocycles. The Morgan fingerprint density at radius 1 is 1.36 bits per heavy atom. The molecule has 0 fully saturated rings. The van der Waals surface area contributed by atoms with Crippen molar-refractivity contribution in [1.82, 2.24) is 9.78 Å². The number of carbonyl (C=O) groups excluding carboxylic acids is 1. The van der Waals surface area contributed by atoms with E-state index in [9.17, 15) is 18.0 Å². The molecule has 0 saturated heterocycles. The summed E-state index contributed by atoms with van der Waals surface area (Å²) in [4.78, 5) is 11.7. The van der Waals surface area contributed by atoms with Gasteiger partial charge in [-0.25, -0.2) is 9.48 Å². The van der Waals surface area contributed by atoms with Gasteiger partial charge in [0.2, 0.25) is 0 Å². The quantitative estimate of drug-likeness (QED) is 0.814. The van der Waals surface area contributed by atoms with E-state index in [2.05, 4.69) is 9.84 Å². The van der Waals surface area contributed by atoms with Gasteiger partial charge < -0.3 is 9.47 Å². The number of rotatable bonds is 4. The zero-order valence-corrected chi connectivity index (χ0v) is 11.8. The van der Waals surface area contributed by atoms with E-state index in [0.717, 1.165) is 6.20 Å². The van der Waals surface area contributed by atoms with Gasteiger partial charge in [-0.1, -0.05) is 6.07 Å². The van der Waals surface area contributed by atoms with Gasteiger partial charge in [0, 0.05) is 6.07 Å². The van der Waals surface area contributed by atoms with E-state index in [1.54, 1.807) is 6.07 Å². The smallest absolute Gasteiger partial charge is 0.434 e. The number of alkyl halides is 3. The molecule has 2 rings (SSSR count). The highest BCUT2D eigenvalue weighted by atomic mass is 19.4. The highest BCUT2D eigenvalue weighted by molar-refractivity contribution is 5.90. The maximum Gasteiger partial charge on any atom is 0.434 e. The predicted octanol–water partition coefficient (Wildman–Crippen LogP) is 3.08. The fourth-order valence-electron chi connectivity index (χ4n) is 1.92. The van der Waals surface area contributed by atoms with Crippen LogP contribution < -0.4 is 4.74 Å². The zero-order valence-electron chi connectivity index (χ0n) is 11.8. The molecule has 8 heteroatoms. The van der Waals surface area contributed by atoms with Crippen LogP contribution in [-0.4, -0.2) is 29.5 Å². The Hall–Kier alpha value is -2.51. The Kier molecular flexibility index (Phi) is 4.39. The Morgan fingerprint density at radius 2 is 2.09 bits per heavy atom. The predicted molar refractivity (Wildman–Crippen MR) is 71.1 cm³/mol. The monoisotopic (exact) mass is 314 g/mol. The summed E-state index contributed by atoms with van der Waals surface area (Å²) in [5, 5.41) is 3.67. The van der Waals surface area contributed by atoms with Gasteiger partial charge in [-0.15, -0.1) is 0 Å². The van der Waals surface area contributed by atoms with E-state index in [0.29, 0.717) is 10.4 Å². The summed E-state index contributed by atoms with van der Waals surface area (Å²) in [7, 11) is 1.40. The number of carbonyl (C=O) groups is 1. The molecule has 0 atom stereocenters. The molecule has 1 heterocycles. The number of methoxy groups -OCH3 is 1. The van der Waals surface area contributed by atoms with Gasteiger partial charge in [0.05, 0.1) is 25.6 Å². The number of aromatic nitrogens is 2. The number of ether oxygens (including phenoxy) is 2. The second-order valence-corrected chi connectivity index (χ2v) is 4.24. The minimum absolute atomic E-state index is 0.0273. The van der Waals surface area contributed by atoms with Crippen molar-refractivity contribution >= 4 is 5.97 Å². The van der Waals surface area contributed by atoms with Crippen molar-refractivity contribution in [3.05, 3.63) is 41.7 Å². The van der Waals surface area contributed by atoms with E-state index in [1.165, 1.54) is 32.2 Å². The first-order valence-electron chi connectivity index (χ1n) is 6.35. The lowest BCUT2D eigenvalue weighted by Gasteiger charge is -2.13. The highest BCUT2D eigenvalue weighted by Gasteiger charge is 2.41. The molecule has 1 aromatic heterocycles. The summed E-state index contributed by atoms with van der Waals surface area (Å²) in [6.45, 7) is 1.48. The van der Waals surface area contributed by atoms with Crippen LogP contribution >= 0.6 is 0 Å². The molecule has 0 radical (unpaired) electrons. The first-order chi connectivity index (χ1) is 10.4. The zero-order chi connectivity index (χ0) is 16.3. The van der Waals surface area contributed by atoms with E-state index >= 15 is 0 Å². The molecule has 1 aromatic carbocycles. The van der Waals surface area contributed by atoms with Gasteiger partial charge in [0.25, 0.3) is 0 Å². The maximum absolute atomic E-state index is 13.3. The maximum atomic E-state index is 13.3. The number of hydrogen-bond acceptors (Lipinski definition) is 4. The molecule has 0 saturated carbocycles. The van der Waals surface area contributed by atoms with Crippen LogP contribution in [0.15, 0.2) is 30.5 Å². The standard InChI is InChI=1S/C14H13F3N2O3/c1-3-22-13(20)11-8-18-19(12(11)14(15,16)17)9-5-4-6-10(7-9)21-2/h4-8H,3H2,1-2H3. The fourth-order valence-corrected chi connectivity index (χ4v) is 1.92. The summed E-state index contributed by atoms with van der Waals surface area (Å²) in [6.07, 6.45) is -3.91. The Labute approximate surface area is 124 Å². The lowest BCUT2D eigenvalue weighted by molar-refractivity contribution is -0.143. The number of halogens is 3. The van der Waals surface area contributed by atoms with Crippen LogP contribution in [0.1, 0.15) is 23.0 Å². The lowest BCUT2D eigenvalue weighted by Crippen LogP contribution is -2.18. The molecule has 0 N–H and O–H groups in total. The highest BCUT2D eigenvalue weighted by Crippen LogP contribution is 2.34. The van der Waals surface area contributed by atoms with Crippen molar-refractivity contribution in [2.24, 2.45) is 0 Å². The van der Waals surface area contributed by atoms with Crippen LogP contribution in [0.25, 0.3) is 5.69 Å². The molecular weight excluding hydrogens is 301 g/mol. The summed E-state index contributed by atoms with van der Waals surface area (Å²) in [5.41, 5.74) is -1.68. The number of esters is 1. The largest absolute Gasteiger partial charge is 0.497 e. The van der Waals surface area contributed by atoms with Crippen LogP contribution in [0.2, 0.25) is 0 Å². The molecule has 0 amide bonds. The van der Waals surface area contributed by atoms with E-state index in [4.69, 9.17) is 4.74 Å². The first-order valence-corrected chi connectivity index (χ1v) is 6.35. The number of hydrogen-bond donors (Lipinski definition) is 0. The van der Waals surface area contributed by atoms with Gasteiger partial charge in [-0.05, 0) is 19.1 Å². The third kappa shape index (κ3) is 3.05. The molecule has 5 nitrogen and oxygen atoms in total. The topological polar surface area (TPSA) is 53.3 Å². The van der Waals surface area contributed by atoms with Gasteiger partial charge in [0.15, 0.2) is 5.69 Å². The summed E-state index contributed by atoms with van der Waals surface area (Å²) in [5.74, 6) is -0.692. The van der Waals surface area contributed by atoms with Gasteiger partial charge in [0.1, 0.15) is 11.3 Å². The van der Waals surface area contributed by atoms with E-state index < -0.39 is 23.4 Å². The normalized spacial score (nSPS) is 11.3. The van der Waals surface area contributed by atoms with Crippen molar-refractivity contribution in [3.8, 4) is 11.4 Å². The van der Waals surface area contributed by atoms with Gasteiger partial charge >= 0.3 is 12.1 Å². The van der Waals surface area contributed by atoms with Crippen LogP contribution in [0.5, 0.6) is 5.75 Å². The van der Waals surface area contributed by atoms with Gasteiger partial charge in [-0.2, -0.15) is 18.3 Å². The third-order valence-electron chi connectivity index (χ3n) is 2.83. The van der Waals surface area contributed by atoms with Gasteiger partial charge in [-0.3, -0.25) is 0 Å². The fraction of sp³-hybridized carbons (Fsp3) is 0.286. The summed E-state index contributed by atoms with van der Waals surface area (Å²) < 4.78 is 50.2. The second kappa shape index (κ2) is 6.08. The molecule has 0 aliphatic rings. The van der Waals surface area contributed by atoms with E-state index in [-0.39, 0.29) is 12.3 Å². The minimum Gasteiger partial charge on any atom is -0.497 e. The number of benzene rings is 1. The van der Waals surface area contributed by atoms with Crippen molar-refractivity contribution in [1.29, 1.82) is 0 Å². The molecule has 2 aromatic rings. The average molecular weight is 314 g/mol. The molecule has 0 spiro atoms. The van der Waals surface area contributed by atoms with Crippen LogP contribution in [0.4, 0.5) is 13.2 Å². The Morgan fingerprint density at radius 3 is 2.68 bits per heavy atom. The number of nitrogens with zero attached hydrogens (tertiary/aromatic N) is 2. The van der Waals surface area contributed by atoms with Crippen LogP contribution in [0.3, 0.4) is 0 Å². The van der Waals surface area contributed by atoms with Crippen LogP contribution in [-0.2, 0) is 10.9 Å². The summed E-state index contributed by atoms with van der Waals surface area (Å²) >= 11 is 0. The molecule has 0 unspecified atom stereocenters. The van der Waals surface area contributed by atoms with Crippen molar-refractivity contribution in [3.63, 3.8) is 0 Å². The first kappa shape index (κ1) is 15.9. The van der Waals surface area contributed by atoms with E-state index in [1.807, 2.05) is 0 Å². The lowest BCUT2D eigenvalue weighted by atomic mass is 10.2.